The third kappa shape index (κ3) is 3.24. The first-order chi connectivity index (χ1) is 6.95. The molecule has 1 rings (SSSR count). The first-order valence-electron chi connectivity index (χ1n) is 5.11. The summed E-state index contributed by atoms with van der Waals surface area (Å²) in [6.07, 6.45) is 0.935. The van der Waals surface area contributed by atoms with Gasteiger partial charge in [0.1, 0.15) is 5.75 Å². The maximum Gasteiger partial charge on any atom is 0.118 e. The highest BCUT2D eigenvalue weighted by atomic mass is 16.5. The first kappa shape index (κ1) is 12.1. The molecular formula is C13H20NO. The fourth-order valence-corrected chi connectivity index (χ4v) is 1.34. The molecule has 0 saturated heterocycles. The van der Waals surface area contributed by atoms with Crippen LogP contribution in [0.15, 0.2) is 24.3 Å². The molecule has 0 aromatic heterocycles. The van der Waals surface area contributed by atoms with E-state index in [-0.39, 0.29) is 5.54 Å². The van der Waals surface area contributed by atoms with Gasteiger partial charge in [-0.1, -0.05) is 12.1 Å². The third-order valence-corrected chi connectivity index (χ3v) is 2.82. The van der Waals surface area contributed by atoms with Crippen molar-refractivity contribution in [2.24, 2.45) is 0 Å². The van der Waals surface area contributed by atoms with Crippen LogP contribution in [-0.2, 0) is 6.42 Å². The molecular weight excluding hydrogens is 186 g/mol. The predicted molar refractivity (Wildman–Crippen MR) is 64.1 cm³/mol. The van der Waals surface area contributed by atoms with Crippen LogP contribution in [0, 0.1) is 6.92 Å². The molecule has 0 bridgehead atoms. The number of ether oxygens (including phenoxy) is 1. The number of rotatable bonds is 4. The lowest BCUT2D eigenvalue weighted by Gasteiger charge is -2.32. The van der Waals surface area contributed by atoms with Crippen molar-refractivity contribution in [2.75, 3.05) is 21.2 Å². The van der Waals surface area contributed by atoms with Gasteiger partial charge in [0.25, 0.3) is 0 Å². The van der Waals surface area contributed by atoms with Gasteiger partial charge in [0.05, 0.1) is 7.11 Å². The number of nitrogens with zero attached hydrogens (tertiary/aromatic N) is 1. The predicted octanol–water partition coefficient (Wildman–Crippen LogP) is 2.39. The summed E-state index contributed by atoms with van der Waals surface area (Å²) >= 11 is 0. The Bertz CT molecular complexity index is 301. The maximum absolute atomic E-state index is 5.12. The average molecular weight is 206 g/mol. The second-order valence-corrected chi connectivity index (χ2v) is 4.42. The van der Waals surface area contributed by atoms with Crippen LogP contribution >= 0.6 is 0 Å². The van der Waals surface area contributed by atoms with Gasteiger partial charge in [-0.05, 0) is 52.1 Å². The second-order valence-electron chi connectivity index (χ2n) is 4.42. The van der Waals surface area contributed by atoms with Crippen molar-refractivity contribution in [3.8, 4) is 5.75 Å². The average Bonchev–Trinajstić information content (AvgIpc) is 2.18. The molecule has 1 atom stereocenters. The Labute approximate surface area is 92.9 Å². The molecule has 0 amide bonds. The molecule has 0 spiro atoms. The van der Waals surface area contributed by atoms with Crippen molar-refractivity contribution in [1.29, 1.82) is 0 Å². The Morgan fingerprint density at radius 3 is 2.20 bits per heavy atom. The molecule has 1 aromatic carbocycles. The largest absolute Gasteiger partial charge is 0.497 e. The van der Waals surface area contributed by atoms with Crippen LogP contribution < -0.4 is 4.74 Å². The van der Waals surface area contributed by atoms with Gasteiger partial charge < -0.3 is 9.64 Å². The van der Waals surface area contributed by atoms with Crippen LogP contribution in [-0.4, -0.2) is 31.6 Å². The quantitative estimate of drug-likeness (QED) is 0.750. The van der Waals surface area contributed by atoms with Crippen LogP contribution in [0.1, 0.15) is 12.5 Å². The molecule has 0 heterocycles. The zero-order chi connectivity index (χ0) is 11.5. The van der Waals surface area contributed by atoms with E-state index in [1.807, 2.05) is 12.1 Å². The summed E-state index contributed by atoms with van der Waals surface area (Å²) in [5, 5.41) is 0. The van der Waals surface area contributed by atoms with Gasteiger partial charge in [-0.25, -0.2) is 0 Å². The lowest BCUT2D eigenvalue weighted by molar-refractivity contribution is 0.225. The van der Waals surface area contributed by atoms with Crippen LogP contribution in [0.25, 0.3) is 0 Å². The topological polar surface area (TPSA) is 12.5 Å². The van der Waals surface area contributed by atoms with E-state index in [4.69, 9.17) is 4.74 Å². The molecule has 15 heavy (non-hydrogen) atoms. The van der Waals surface area contributed by atoms with Crippen LogP contribution in [0.2, 0.25) is 0 Å². The number of methoxy groups -OCH3 is 1. The molecule has 2 nitrogen and oxygen atoms in total. The van der Waals surface area contributed by atoms with E-state index < -0.39 is 0 Å². The standard InChI is InChI=1S/C13H20NO/c1-13(2,14(3)4)10-11-6-8-12(15-5)9-7-11/h6-9H,1,10H2,2-5H3. The van der Waals surface area contributed by atoms with Crippen molar-refractivity contribution in [3.05, 3.63) is 36.8 Å². The van der Waals surface area contributed by atoms with Gasteiger partial charge in [-0.3, -0.25) is 0 Å². The lowest BCUT2D eigenvalue weighted by atomic mass is 9.94. The minimum Gasteiger partial charge on any atom is -0.497 e. The Kier molecular flexibility index (Phi) is 3.75. The minimum absolute atomic E-state index is 0.0609. The number of hydrogen-bond donors (Lipinski definition) is 0. The Hall–Kier alpha value is -1.02. The summed E-state index contributed by atoms with van der Waals surface area (Å²) in [6, 6.07) is 8.15. The van der Waals surface area contributed by atoms with Gasteiger partial charge in [-0.15, -0.1) is 0 Å². The normalized spacial score (nSPS) is 11.9. The summed E-state index contributed by atoms with van der Waals surface area (Å²) in [6.45, 7) is 6.34. The van der Waals surface area contributed by atoms with E-state index in [1.165, 1.54) is 5.56 Å². The van der Waals surface area contributed by atoms with E-state index in [1.54, 1.807) is 7.11 Å². The van der Waals surface area contributed by atoms with E-state index in [0.29, 0.717) is 0 Å². The molecule has 0 N–H and O–H groups in total. The highest BCUT2D eigenvalue weighted by Gasteiger charge is 2.20. The fraction of sp³-hybridized carbons (Fsp3) is 0.462. The smallest absolute Gasteiger partial charge is 0.118 e. The SMILES string of the molecule is [CH2]C(C)(Cc1ccc(OC)cc1)N(C)C. The van der Waals surface area contributed by atoms with E-state index in [2.05, 4.69) is 45.0 Å². The fourth-order valence-electron chi connectivity index (χ4n) is 1.34. The molecule has 0 aliphatic carbocycles. The number of likely N-dealkylation sites (N-methyl/N-ethyl adjacent to an activating group) is 1. The molecule has 1 radical (unpaired) electrons. The van der Waals surface area contributed by atoms with Crippen LogP contribution in [0.5, 0.6) is 5.75 Å². The zero-order valence-electron chi connectivity index (χ0n) is 10.1. The Morgan fingerprint density at radius 1 is 1.27 bits per heavy atom. The Balaban J connectivity index is 2.73. The highest BCUT2D eigenvalue weighted by Crippen LogP contribution is 2.19. The molecule has 1 aromatic rings. The highest BCUT2D eigenvalue weighted by molar-refractivity contribution is 5.28. The van der Waals surface area contributed by atoms with E-state index >= 15 is 0 Å². The number of hydrogen-bond acceptors (Lipinski definition) is 2. The van der Waals surface area contributed by atoms with Gasteiger partial charge in [0, 0.05) is 5.54 Å². The van der Waals surface area contributed by atoms with E-state index in [0.717, 1.165) is 12.2 Å². The molecule has 1 unspecified atom stereocenters. The molecule has 83 valence electrons. The number of benzene rings is 1. The lowest BCUT2D eigenvalue weighted by Crippen LogP contribution is -2.40. The molecule has 0 aliphatic rings. The van der Waals surface area contributed by atoms with Gasteiger partial charge in [0.2, 0.25) is 0 Å². The first-order valence-corrected chi connectivity index (χ1v) is 5.11. The molecule has 0 saturated carbocycles. The van der Waals surface area contributed by atoms with Crippen molar-refractivity contribution in [2.45, 2.75) is 18.9 Å². The summed E-state index contributed by atoms with van der Waals surface area (Å²) in [5.74, 6) is 0.898. The summed E-state index contributed by atoms with van der Waals surface area (Å²) < 4.78 is 5.12. The minimum atomic E-state index is -0.0609. The summed E-state index contributed by atoms with van der Waals surface area (Å²) in [7, 11) is 5.79. The molecule has 2 heteroatoms. The van der Waals surface area contributed by atoms with E-state index in [9.17, 15) is 0 Å². The Morgan fingerprint density at radius 2 is 1.80 bits per heavy atom. The van der Waals surface area contributed by atoms with Gasteiger partial charge in [0.15, 0.2) is 0 Å². The monoisotopic (exact) mass is 206 g/mol. The van der Waals surface area contributed by atoms with Gasteiger partial charge >= 0.3 is 0 Å². The summed E-state index contributed by atoms with van der Waals surface area (Å²) in [4.78, 5) is 2.14. The van der Waals surface area contributed by atoms with Crippen molar-refractivity contribution < 1.29 is 4.74 Å². The molecule has 0 fully saturated rings. The maximum atomic E-state index is 5.12. The summed E-state index contributed by atoms with van der Waals surface area (Å²) in [5.41, 5.74) is 1.22. The zero-order valence-corrected chi connectivity index (χ0v) is 10.1. The van der Waals surface area contributed by atoms with Crippen molar-refractivity contribution in [3.63, 3.8) is 0 Å². The van der Waals surface area contributed by atoms with Crippen LogP contribution in [0.4, 0.5) is 0 Å². The second kappa shape index (κ2) is 4.67. The van der Waals surface area contributed by atoms with Gasteiger partial charge in [-0.2, -0.15) is 0 Å². The van der Waals surface area contributed by atoms with Crippen molar-refractivity contribution >= 4 is 0 Å². The third-order valence-electron chi connectivity index (χ3n) is 2.82. The van der Waals surface area contributed by atoms with Crippen molar-refractivity contribution in [1.82, 2.24) is 4.90 Å². The molecule has 0 aliphatic heterocycles. The van der Waals surface area contributed by atoms with Crippen LogP contribution in [0.3, 0.4) is 0 Å².